The Morgan fingerprint density at radius 2 is 2.19 bits per heavy atom. The van der Waals surface area contributed by atoms with E-state index in [1.807, 2.05) is 16.7 Å². The zero-order valence-electron chi connectivity index (χ0n) is 12.0. The van der Waals surface area contributed by atoms with Crippen LogP contribution in [0.4, 0.5) is 4.79 Å². The fraction of sp³-hybridized carbons (Fsp3) is 0.385. The number of nitrogens with zero attached hydrogens (tertiary/aromatic N) is 3. The molecule has 0 aliphatic rings. The molecule has 0 saturated heterocycles. The molecule has 2 rings (SSSR count). The van der Waals surface area contributed by atoms with Gasteiger partial charge in [0.2, 0.25) is 0 Å². The summed E-state index contributed by atoms with van der Waals surface area (Å²) in [5, 5.41) is 9.00. The van der Waals surface area contributed by atoms with Crippen molar-refractivity contribution in [3.63, 3.8) is 0 Å². The number of carbonyl (C=O) groups is 1. The fourth-order valence-electron chi connectivity index (χ4n) is 2.01. The molecular weight excluding hydrogens is 342 g/mol. The van der Waals surface area contributed by atoms with Gasteiger partial charge >= 0.3 is 6.09 Å². The number of hydrogen-bond acceptors (Lipinski definition) is 4. The maximum absolute atomic E-state index is 11.0. The molecule has 0 aliphatic heterocycles. The van der Waals surface area contributed by atoms with Gasteiger partial charge in [-0.05, 0) is 22.0 Å². The number of aromatic nitrogens is 2. The van der Waals surface area contributed by atoms with Crippen molar-refractivity contribution in [1.29, 1.82) is 0 Å². The molecule has 1 aromatic heterocycles. The van der Waals surface area contributed by atoms with Crippen LogP contribution in [0, 0.1) is 0 Å². The third kappa shape index (κ3) is 3.11. The summed E-state index contributed by atoms with van der Waals surface area (Å²) in [6.07, 6.45) is -1.01. The van der Waals surface area contributed by atoms with Crippen molar-refractivity contribution in [2.75, 3.05) is 21.3 Å². The number of hydrogen-bond donors (Lipinski definition) is 1. The van der Waals surface area contributed by atoms with Crippen molar-refractivity contribution < 1.29 is 19.4 Å². The van der Waals surface area contributed by atoms with E-state index in [2.05, 4.69) is 20.9 Å². The van der Waals surface area contributed by atoms with E-state index in [0.29, 0.717) is 11.6 Å². The number of halogens is 1. The number of fused-ring (bicyclic) bond motifs is 1. The molecule has 0 aliphatic carbocycles. The molecule has 1 amide bonds. The molecule has 1 aromatic carbocycles. The normalized spacial score (nSPS) is 10.9. The van der Waals surface area contributed by atoms with Gasteiger partial charge in [0.1, 0.15) is 18.3 Å². The van der Waals surface area contributed by atoms with E-state index in [1.165, 1.54) is 11.9 Å². The highest BCUT2D eigenvalue weighted by atomic mass is 79.9. The third-order valence-electron chi connectivity index (χ3n) is 3.06. The number of methoxy groups -OCH3 is 2. The first-order valence-corrected chi connectivity index (χ1v) is 6.92. The molecule has 0 saturated carbocycles. The van der Waals surface area contributed by atoms with Crippen molar-refractivity contribution in [3.05, 3.63) is 22.4 Å². The van der Waals surface area contributed by atoms with Crippen LogP contribution in [0.1, 0.15) is 5.82 Å². The highest BCUT2D eigenvalue weighted by molar-refractivity contribution is 9.10. The SMILES string of the molecule is COCn1c(CN(C)C(=O)O)nc2cc(Br)c(OC)cc21. The molecule has 0 atom stereocenters. The van der Waals surface area contributed by atoms with E-state index >= 15 is 0 Å². The molecule has 21 heavy (non-hydrogen) atoms. The monoisotopic (exact) mass is 357 g/mol. The molecule has 2 aromatic rings. The van der Waals surface area contributed by atoms with Gasteiger partial charge in [0.05, 0.1) is 29.2 Å². The standard InChI is InChI=1S/C13H16BrN3O4/c1-16(13(18)19)6-12-15-9-4-8(14)11(21-3)5-10(9)17(12)7-20-2/h4-5H,6-7H2,1-3H3,(H,18,19). The minimum atomic E-state index is -1.01. The summed E-state index contributed by atoms with van der Waals surface area (Å²) in [5.74, 6) is 1.29. The summed E-state index contributed by atoms with van der Waals surface area (Å²) in [5.41, 5.74) is 1.57. The molecule has 0 fully saturated rings. The first kappa shape index (κ1) is 15.6. The minimum absolute atomic E-state index is 0.174. The maximum atomic E-state index is 11.0. The van der Waals surface area contributed by atoms with E-state index in [4.69, 9.17) is 14.6 Å². The van der Waals surface area contributed by atoms with Crippen molar-refractivity contribution in [2.24, 2.45) is 0 Å². The third-order valence-corrected chi connectivity index (χ3v) is 3.68. The largest absolute Gasteiger partial charge is 0.495 e. The zero-order chi connectivity index (χ0) is 15.6. The smallest absolute Gasteiger partial charge is 0.407 e. The minimum Gasteiger partial charge on any atom is -0.495 e. The van der Waals surface area contributed by atoms with Crippen molar-refractivity contribution in [3.8, 4) is 5.75 Å². The summed E-state index contributed by atoms with van der Waals surface area (Å²) < 4.78 is 13.1. The fourth-order valence-corrected chi connectivity index (χ4v) is 2.50. The average Bonchev–Trinajstić information content (AvgIpc) is 2.75. The molecule has 0 spiro atoms. The molecule has 7 nitrogen and oxygen atoms in total. The Hall–Kier alpha value is -1.80. The Labute approximate surface area is 130 Å². The summed E-state index contributed by atoms with van der Waals surface area (Å²) in [6, 6.07) is 3.68. The number of imidazole rings is 1. The molecule has 8 heteroatoms. The Bertz CT molecular complexity index is 671. The summed E-state index contributed by atoms with van der Waals surface area (Å²) in [4.78, 5) is 16.6. The van der Waals surface area contributed by atoms with Gasteiger partial charge in [0.15, 0.2) is 0 Å². The van der Waals surface area contributed by atoms with Crippen LogP contribution >= 0.6 is 15.9 Å². The topological polar surface area (TPSA) is 76.8 Å². The van der Waals surface area contributed by atoms with Crippen LogP contribution in [0.15, 0.2) is 16.6 Å². The number of carboxylic acid groups (broad SMARTS) is 1. The first-order chi connectivity index (χ1) is 9.97. The van der Waals surface area contributed by atoms with Gasteiger partial charge in [-0.2, -0.15) is 0 Å². The van der Waals surface area contributed by atoms with Crippen LogP contribution < -0.4 is 4.74 Å². The van der Waals surface area contributed by atoms with E-state index in [9.17, 15) is 4.79 Å². The summed E-state index contributed by atoms with van der Waals surface area (Å²) in [7, 11) is 4.66. The van der Waals surface area contributed by atoms with Crippen molar-refractivity contribution >= 4 is 33.1 Å². The lowest BCUT2D eigenvalue weighted by atomic mass is 10.3. The predicted molar refractivity (Wildman–Crippen MR) is 80.5 cm³/mol. The Morgan fingerprint density at radius 3 is 2.76 bits per heavy atom. The number of ether oxygens (including phenoxy) is 2. The lowest BCUT2D eigenvalue weighted by Crippen LogP contribution is -2.26. The number of rotatable bonds is 5. The summed E-state index contributed by atoms with van der Waals surface area (Å²) in [6.45, 7) is 0.456. The van der Waals surface area contributed by atoms with Gasteiger partial charge in [-0.1, -0.05) is 0 Å². The van der Waals surface area contributed by atoms with Crippen LogP contribution in [0.25, 0.3) is 11.0 Å². The highest BCUT2D eigenvalue weighted by Crippen LogP contribution is 2.30. The first-order valence-electron chi connectivity index (χ1n) is 6.13. The molecular formula is C13H16BrN3O4. The molecule has 114 valence electrons. The molecule has 0 radical (unpaired) electrons. The predicted octanol–water partition coefficient (Wildman–Crippen LogP) is 2.52. The van der Waals surface area contributed by atoms with Crippen molar-refractivity contribution in [2.45, 2.75) is 13.3 Å². The van der Waals surface area contributed by atoms with Gasteiger partial charge in [0.25, 0.3) is 0 Å². The molecule has 0 unspecified atom stereocenters. The Kier molecular flexibility index (Phi) is 4.69. The molecule has 1 N–H and O–H groups in total. The average molecular weight is 358 g/mol. The highest BCUT2D eigenvalue weighted by Gasteiger charge is 2.16. The van der Waals surface area contributed by atoms with Gasteiger partial charge < -0.3 is 24.0 Å². The van der Waals surface area contributed by atoms with Crippen LogP contribution in [-0.4, -0.2) is 46.9 Å². The van der Waals surface area contributed by atoms with Gasteiger partial charge in [-0.15, -0.1) is 0 Å². The van der Waals surface area contributed by atoms with Crippen LogP contribution in [0.3, 0.4) is 0 Å². The summed E-state index contributed by atoms with van der Waals surface area (Å²) >= 11 is 3.41. The second-order valence-corrected chi connectivity index (χ2v) is 5.34. The lowest BCUT2D eigenvalue weighted by molar-refractivity contribution is 0.126. The maximum Gasteiger partial charge on any atom is 0.407 e. The van der Waals surface area contributed by atoms with E-state index in [-0.39, 0.29) is 13.3 Å². The van der Waals surface area contributed by atoms with E-state index in [0.717, 1.165) is 15.5 Å². The van der Waals surface area contributed by atoms with Gasteiger partial charge in [-0.25, -0.2) is 9.78 Å². The van der Waals surface area contributed by atoms with Crippen LogP contribution in [-0.2, 0) is 18.0 Å². The van der Waals surface area contributed by atoms with Crippen LogP contribution in [0.2, 0.25) is 0 Å². The molecule has 0 bridgehead atoms. The molecule has 1 heterocycles. The Morgan fingerprint density at radius 1 is 1.48 bits per heavy atom. The van der Waals surface area contributed by atoms with E-state index < -0.39 is 6.09 Å². The van der Waals surface area contributed by atoms with E-state index in [1.54, 1.807) is 14.2 Å². The van der Waals surface area contributed by atoms with Gasteiger partial charge in [-0.3, -0.25) is 0 Å². The lowest BCUT2D eigenvalue weighted by Gasteiger charge is -2.14. The van der Waals surface area contributed by atoms with Crippen LogP contribution in [0.5, 0.6) is 5.75 Å². The Balaban J connectivity index is 2.54. The van der Waals surface area contributed by atoms with Crippen molar-refractivity contribution in [1.82, 2.24) is 14.5 Å². The second kappa shape index (κ2) is 6.31. The number of amides is 1. The number of benzene rings is 1. The van der Waals surface area contributed by atoms with Gasteiger partial charge in [0, 0.05) is 20.2 Å². The zero-order valence-corrected chi connectivity index (χ0v) is 13.5. The second-order valence-electron chi connectivity index (χ2n) is 4.49. The quantitative estimate of drug-likeness (QED) is 0.889.